The molecule has 2 heterocycles. The Balaban J connectivity index is 2.14. The maximum Gasteiger partial charge on any atom is 0.157 e. The summed E-state index contributed by atoms with van der Waals surface area (Å²) in [5.41, 5.74) is 2.03. The standard InChI is InChI=1S/C12H7ClFN3/c13-7-1-3-10(15-6-7)12-16-9-4-2-8(14)5-11(9)17-12/h1-6H,(H,16,17). The van der Waals surface area contributed by atoms with Crippen molar-refractivity contribution >= 4 is 22.6 Å². The zero-order valence-corrected chi connectivity index (χ0v) is 9.37. The second-order valence-corrected chi connectivity index (χ2v) is 4.04. The molecule has 1 N–H and O–H groups in total. The van der Waals surface area contributed by atoms with Gasteiger partial charge in [0.05, 0.1) is 16.1 Å². The Morgan fingerprint density at radius 1 is 1.18 bits per heavy atom. The van der Waals surface area contributed by atoms with Gasteiger partial charge in [0.1, 0.15) is 11.5 Å². The lowest BCUT2D eigenvalue weighted by Gasteiger charge is -1.94. The number of H-pyrrole nitrogens is 1. The van der Waals surface area contributed by atoms with Gasteiger partial charge < -0.3 is 4.98 Å². The monoisotopic (exact) mass is 247 g/mol. The molecule has 0 atom stereocenters. The van der Waals surface area contributed by atoms with Crippen molar-refractivity contribution in [3.8, 4) is 11.5 Å². The number of aromatic amines is 1. The minimum absolute atomic E-state index is 0.295. The summed E-state index contributed by atoms with van der Waals surface area (Å²) in [4.78, 5) is 11.5. The van der Waals surface area contributed by atoms with E-state index in [9.17, 15) is 4.39 Å². The molecule has 84 valence electrons. The van der Waals surface area contributed by atoms with Crippen molar-refractivity contribution in [2.75, 3.05) is 0 Å². The highest BCUT2D eigenvalue weighted by atomic mass is 35.5. The first-order chi connectivity index (χ1) is 8.22. The van der Waals surface area contributed by atoms with Crippen molar-refractivity contribution < 1.29 is 4.39 Å². The highest BCUT2D eigenvalue weighted by molar-refractivity contribution is 6.30. The normalized spacial score (nSPS) is 10.9. The van der Waals surface area contributed by atoms with Crippen LogP contribution in [0.5, 0.6) is 0 Å². The van der Waals surface area contributed by atoms with Crippen LogP contribution in [-0.4, -0.2) is 15.0 Å². The molecule has 3 nitrogen and oxygen atoms in total. The van der Waals surface area contributed by atoms with Gasteiger partial charge in [-0.2, -0.15) is 0 Å². The highest BCUT2D eigenvalue weighted by Gasteiger charge is 2.06. The number of nitrogens with one attached hydrogen (secondary N) is 1. The maximum atomic E-state index is 13.0. The van der Waals surface area contributed by atoms with Crippen LogP contribution in [0, 0.1) is 5.82 Å². The second kappa shape index (κ2) is 3.82. The van der Waals surface area contributed by atoms with Gasteiger partial charge in [0, 0.05) is 6.20 Å². The SMILES string of the molecule is Fc1ccc2nc(-c3ccc(Cl)cn3)[nH]c2c1. The Morgan fingerprint density at radius 2 is 2.06 bits per heavy atom. The number of benzene rings is 1. The molecule has 3 aromatic rings. The summed E-state index contributed by atoms with van der Waals surface area (Å²) in [6.07, 6.45) is 1.55. The minimum atomic E-state index is -0.295. The lowest BCUT2D eigenvalue weighted by Crippen LogP contribution is -1.84. The lowest BCUT2D eigenvalue weighted by atomic mass is 10.3. The summed E-state index contributed by atoms with van der Waals surface area (Å²) < 4.78 is 13.0. The molecule has 0 radical (unpaired) electrons. The van der Waals surface area contributed by atoms with Crippen molar-refractivity contribution in [3.05, 3.63) is 47.4 Å². The molecule has 0 amide bonds. The van der Waals surface area contributed by atoms with Gasteiger partial charge in [0.15, 0.2) is 5.82 Å². The fourth-order valence-electron chi connectivity index (χ4n) is 1.62. The van der Waals surface area contributed by atoms with Crippen LogP contribution in [0.4, 0.5) is 4.39 Å². The van der Waals surface area contributed by atoms with Crippen molar-refractivity contribution in [2.45, 2.75) is 0 Å². The van der Waals surface area contributed by atoms with E-state index in [-0.39, 0.29) is 5.82 Å². The number of hydrogen-bond donors (Lipinski definition) is 1. The van der Waals surface area contributed by atoms with Crippen LogP contribution < -0.4 is 0 Å². The molecule has 2 aromatic heterocycles. The summed E-state index contributed by atoms with van der Waals surface area (Å²) in [5.74, 6) is 0.305. The zero-order valence-electron chi connectivity index (χ0n) is 8.61. The molecule has 0 unspecified atom stereocenters. The molecule has 0 spiro atoms. The Morgan fingerprint density at radius 3 is 2.82 bits per heavy atom. The van der Waals surface area contributed by atoms with E-state index >= 15 is 0 Å². The summed E-state index contributed by atoms with van der Waals surface area (Å²) in [6.45, 7) is 0. The first kappa shape index (κ1) is 10.2. The van der Waals surface area contributed by atoms with Crippen molar-refractivity contribution in [2.24, 2.45) is 0 Å². The van der Waals surface area contributed by atoms with Gasteiger partial charge >= 0.3 is 0 Å². The number of rotatable bonds is 1. The average Bonchev–Trinajstić information content (AvgIpc) is 2.72. The molecule has 0 aliphatic heterocycles. The Hall–Kier alpha value is -1.94. The van der Waals surface area contributed by atoms with Crippen LogP contribution >= 0.6 is 11.6 Å². The first-order valence-corrected chi connectivity index (χ1v) is 5.37. The van der Waals surface area contributed by atoms with Crippen molar-refractivity contribution in [1.29, 1.82) is 0 Å². The molecule has 17 heavy (non-hydrogen) atoms. The largest absolute Gasteiger partial charge is 0.337 e. The van der Waals surface area contributed by atoms with E-state index in [1.54, 1.807) is 24.4 Å². The Labute approximate surface area is 101 Å². The molecule has 1 aromatic carbocycles. The summed E-state index contributed by atoms with van der Waals surface area (Å²) in [6, 6.07) is 7.90. The summed E-state index contributed by atoms with van der Waals surface area (Å²) >= 11 is 5.76. The van der Waals surface area contributed by atoms with E-state index in [0.717, 1.165) is 0 Å². The summed E-state index contributed by atoms with van der Waals surface area (Å²) in [5, 5.41) is 0.566. The van der Waals surface area contributed by atoms with Crippen LogP contribution in [0.1, 0.15) is 0 Å². The zero-order chi connectivity index (χ0) is 11.8. The molecule has 0 bridgehead atoms. The topological polar surface area (TPSA) is 41.6 Å². The van der Waals surface area contributed by atoms with Gasteiger partial charge in [0.25, 0.3) is 0 Å². The molecule has 0 aliphatic carbocycles. The Kier molecular flexibility index (Phi) is 2.30. The van der Waals surface area contributed by atoms with Gasteiger partial charge in [0.2, 0.25) is 0 Å². The fourth-order valence-corrected chi connectivity index (χ4v) is 1.73. The fraction of sp³-hybridized carbons (Fsp3) is 0. The van der Waals surface area contributed by atoms with E-state index < -0.39 is 0 Å². The van der Waals surface area contributed by atoms with Crippen LogP contribution in [0.25, 0.3) is 22.6 Å². The van der Waals surface area contributed by atoms with E-state index in [0.29, 0.717) is 27.6 Å². The van der Waals surface area contributed by atoms with E-state index in [4.69, 9.17) is 11.6 Å². The first-order valence-electron chi connectivity index (χ1n) is 4.99. The molecule has 5 heteroatoms. The molecular formula is C12H7ClFN3. The number of nitrogens with zero attached hydrogens (tertiary/aromatic N) is 2. The summed E-state index contributed by atoms with van der Waals surface area (Å²) in [7, 11) is 0. The van der Waals surface area contributed by atoms with Gasteiger partial charge in [-0.1, -0.05) is 11.6 Å². The van der Waals surface area contributed by atoms with Gasteiger partial charge in [-0.05, 0) is 30.3 Å². The average molecular weight is 248 g/mol. The molecule has 3 rings (SSSR count). The van der Waals surface area contributed by atoms with Crippen molar-refractivity contribution in [3.63, 3.8) is 0 Å². The van der Waals surface area contributed by atoms with Gasteiger partial charge in [-0.25, -0.2) is 9.37 Å². The molecule has 0 fully saturated rings. The third-order valence-electron chi connectivity index (χ3n) is 2.41. The highest BCUT2D eigenvalue weighted by Crippen LogP contribution is 2.20. The van der Waals surface area contributed by atoms with E-state index in [1.807, 2.05) is 0 Å². The number of halogens is 2. The molecular weight excluding hydrogens is 241 g/mol. The molecule has 0 saturated carbocycles. The minimum Gasteiger partial charge on any atom is -0.337 e. The smallest absolute Gasteiger partial charge is 0.157 e. The number of pyridine rings is 1. The van der Waals surface area contributed by atoms with E-state index in [2.05, 4.69) is 15.0 Å². The predicted octanol–water partition coefficient (Wildman–Crippen LogP) is 3.42. The van der Waals surface area contributed by atoms with Crippen LogP contribution in [0.3, 0.4) is 0 Å². The predicted molar refractivity (Wildman–Crippen MR) is 64.3 cm³/mol. The van der Waals surface area contributed by atoms with Crippen LogP contribution in [-0.2, 0) is 0 Å². The third kappa shape index (κ3) is 1.87. The lowest BCUT2D eigenvalue weighted by molar-refractivity contribution is 0.629. The number of aromatic nitrogens is 3. The van der Waals surface area contributed by atoms with Crippen molar-refractivity contribution in [1.82, 2.24) is 15.0 Å². The van der Waals surface area contributed by atoms with Crippen LogP contribution in [0.15, 0.2) is 36.5 Å². The van der Waals surface area contributed by atoms with E-state index in [1.165, 1.54) is 12.1 Å². The molecule has 0 saturated heterocycles. The molecule has 0 aliphatic rings. The van der Waals surface area contributed by atoms with Crippen LogP contribution in [0.2, 0.25) is 5.02 Å². The Bertz CT molecular complexity index is 676. The maximum absolute atomic E-state index is 13.0. The van der Waals surface area contributed by atoms with Gasteiger partial charge in [-0.3, -0.25) is 4.98 Å². The van der Waals surface area contributed by atoms with Gasteiger partial charge in [-0.15, -0.1) is 0 Å². The third-order valence-corrected chi connectivity index (χ3v) is 2.64. The number of fused-ring (bicyclic) bond motifs is 1. The second-order valence-electron chi connectivity index (χ2n) is 3.61. The number of imidazole rings is 1. The number of hydrogen-bond acceptors (Lipinski definition) is 2. The quantitative estimate of drug-likeness (QED) is 0.716.